The number of carbonyl (C=O) groups excluding carboxylic acids is 1. The van der Waals surface area contributed by atoms with Crippen LogP contribution in [0.4, 0.5) is 0 Å². The molecule has 0 aliphatic heterocycles. The first-order valence-corrected chi connectivity index (χ1v) is 3.62. The molecule has 1 amide bonds. The number of nitrogens with zero attached hydrogens (tertiary/aromatic N) is 1. The standard InChI is InChI=1S/C9H10N2O/c1-8-2-4-9(5-3-8)6-10-11-7-12/h2-7H,1H3,(H,11,12). The Balaban J connectivity index is 2.64. The van der Waals surface area contributed by atoms with E-state index in [1.807, 2.05) is 31.2 Å². The maximum atomic E-state index is 9.82. The molecule has 1 rings (SSSR count). The SMILES string of the molecule is Cc1ccc(C=NNC=O)cc1. The van der Waals surface area contributed by atoms with Gasteiger partial charge in [-0.3, -0.25) is 4.79 Å². The molecule has 0 heterocycles. The van der Waals surface area contributed by atoms with Gasteiger partial charge in [-0.2, -0.15) is 5.10 Å². The lowest BCUT2D eigenvalue weighted by molar-refractivity contribution is -0.109. The van der Waals surface area contributed by atoms with Gasteiger partial charge < -0.3 is 0 Å². The molecular weight excluding hydrogens is 152 g/mol. The third kappa shape index (κ3) is 2.54. The van der Waals surface area contributed by atoms with Gasteiger partial charge in [0.15, 0.2) is 0 Å². The number of carbonyl (C=O) groups is 1. The monoisotopic (exact) mass is 162 g/mol. The quantitative estimate of drug-likeness (QED) is 0.403. The van der Waals surface area contributed by atoms with E-state index in [0.717, 1.165) is 5.56 Å². The van der Waals surface area contributed by atoms with Crippen LogP contribution in [-0.2, 0) is 4.79 Å². The molecule has 1 N–H and O–H groups in total. The van der Waals surface area contributed by atoms with Crippen LogP contribution in [0.15, 0.2) is 29.4 Å². The molecule has 0 spiro atoms. The molecule has 1 aromatic rings. The van der Waals surface area contributed by atoms with Gasteiger partial charge in [0.1, 0.15) is 0 Å². The van der Waals surface area contributed by atoms with Crippen LogP contribution in [0.25, 0.3) is 0 Å². The van der Waals surface area contributed by atoms with Crippen molar-refractivity contribution in [2.45, 2.75) is 6.92 Å². The van der Waals surface area contributed by atoms with Gasteiger partial charge in [-0.25, -0.2) is 5.43 Å². The molecule has 0 saturated carbocycles. The average molecular weight is 162 g/mol. The normalized spacial score (nSPS) is 10.1. The minimum atomic E-state index is 0.532. The lowest BCUT2D eigenvalue weighted by atomic mass is 10.2. The van der Waals surface area contributed by atoms with E-state index in [0.29, 0.717) is 6.41 Å². The number of hydrogen-bond acceptors (Lipinski definition) is 2. The minimum Gasteiger partial charge on any atom is -0.277 e. The highest BCUT2D eigenvalue weighted by Crippen LogP contribution is 1.99. The fourth-order valence-electron chi connectivity index (χ4n) is 0.795. The number of aryl methyl sites for hydroxylation is 1. The fourth-order valence-corrected chi connectivity index (χ4v) is 0.795. The summed E-state index contributed by atoms with van der Waals surface area (Å²) in [5.41, 5.74) is 4.37. The molecule has 0 atom stereocenters. The lowest BCUT2D eigenvalue weighted by Crippen LogP contribution is -2.00. The van der Waals surface area contributed by atoms with Crippen LogP contribution in [0.3, 0.4) is 0 Å². The summed E-state index contributed by atoms with van der Waals surface area (Å²) >= 11 is 0. The number of rotatable bonds is 3. The van der Waals surface area contributed by atoms with E-state index in [9.17, 15) is 4.79 Å². The predicted octanol–water partition coefficient (Wildman–Crippen LogP) is 1.07. The van der Waals surface area contributed by atoms with Crippen molar-refractivity contribution in [3.05, 3.63) is 35.4 Å². The molecule has 12 heavy (non-hydrogen) atoms. The first kappa shape index (κ1) is 8.46. The van der Waals surface area contributed by atoms with E-state index in [1.165, 1.54) is 5.56 Å². The van der Waals surface area contributed by atoms with Crippen LogP contribution in [0.1, 0.15) is 11.1 Å². The first-order chi connectivity index (χ1) is 5.83. The summed E-state index contributed by atoms with van der Waals surface area (Å²) in [6.45, 7) is 2.02. The van der Waals surface area contributed by atoms with E-state index in [2.05, 4.69) is 10.5 Å². The van der Waals surface area contributed by atoms with Crippen LogP contribution >= 0.6 is 0 Å². The number of hydrazone groups is 1. The Labute approximate surface area is 71.1 Å². The van der Waals surface area contributed by atoms with Crippen molar-refractivity contribution in [2.75, 3.05) is 0 Å². The second kappa shape index (κ2) is 4.28. The molecule has 0 aliphatic rings. The smallest absolute Gasteiger partial charge is 0.227 e. The summed E-state index contributed by atoms with van der Waals surface area (Å²) in [7, 11) is 0. The number of benzene rings is 1. The van der Waals surface area contributed by atoms with Crippen LogP contribution in [0.2, 0.25) is 0 Å². The van der Waals surface area contributed by atoms with E-state index < -0.39 is 0 Å². The van der Waals surface area contributed by atoms with Crippen LogP contribution in [-0.4, -0.2) is 12.6 Å². The van der Waals surface area contributed by atoms with Crippen molar-refractivity contribution in [3.63, 3.8) is 0 Å². The van der Waals surface area contributed by atoms with E-state index in [-0.39, 0.29) is 0 Å². The molecule has 0 fully saturated rings. The predicted molar refractivity (Wildman–Crippen MR) is 48.0 cm³/mol. The van der Waals surface area contributed by atoms with Crippen LogP contribution in [0, 0.1) is 6.92 Å². The van der Waals surface area contributed by atoms with Crippen LogP contribution < -0.4 is 5.43 Å². The maximum absolute atomic E-state index is 9.82. The van der Waals surface area contributed by atoms with E-state index in [4.69, 9.17) is 0 Å². The largest absolute Gasteiger partial charge is 0.277 e. The van der Waals surface area contributed by atoms with E-state index >= 15 is 0 Å². The second-order valence-electron chi connectivity index (χ2n) is 2.42. The van der Waals surface area contributed by atoms with Crippen molar-refractivity contribution < 1.29 is 4.79 Å². The van der Waals surface area contributed by atoms with Crippen molar-refractivity contribution in [1.82, 2.24) is 5.43 Å². The second-order valence-corrected chi connectivity index (χ2v) is 2.42. The van der Waals surface area contributed by atoms with Gasteiger partial charge in [0.05, 0.1) is 6.21 Å². The number of hydrogen-bond donors (Lipinski definition) is 1. The van der Waals surface area contributed by atoms with Gasteiger partial charge >= 0.3 is 0 Å². The Bertz CT molecular complexity index is 277. The Hall–Kier alpha value is -1.64. The Morgan fingerprint density at radius 1 is 1.33 bits per heavy atom. The zero-order chi connectivity index (χ0) is 8.81. The van der Waals surface area contributed by atoms with Crippen molar-refractivity contribution in [3.8, 4) is 0 Å². The van der Waals surface area contributed by atoms with E-state index in [1.54, 1.807) is 6.21 Å². The Kier molecular flexibility index (Phi) is 3.02. The van der Waals surface area contributed by atoms with Gasteiger partial charge in [0.25, 0.3) is 0 Å². The van der Waals surface area contributed by atoms with Crippen LogP contribution in [0.5, 0.6) is 0 Å². The molecule has 0 saturated heterocycles. The minimum absolute atomic E-state index is 0.532. The summed E-state index contributed by atoms with van der Waals surface area (Å²) in [6, 6.07) is 7.85. The van der Waals surface area contributed by atoms with Gasteiger partial charge in [-0.15, -0.1) is 0 Å². The summed E-state index contributed by atoms with van der Waals surface area (Å²) < 4.78 is 0. The molecule has 0 bridgehead atoms. The third-order valence-corrected chi connectivity index (χ3v) is 1.42. The van der Waals surface area contributed by atoms with Gasteiger partial charge in [0, 0.05) is 0 Å². The molecule has 1 aromatic carbocycles. The molecule has 3 nitrogen and oxygen atoms in total. The van der Waals surface area contributed by atoms with Crippen molar-refractivity contribution in [1.29, 1.82) is 0 Å². The highest BCUT2D eigenvalue weighted by Gasteiger charge is 1.85. The van der Waals surface area contributed by atoms with Gasteiger partial charge in [-0.1, -0.05) is 29.8 Å². The molecular formula is C9H10N2O. The molecule has 62 valence electrons. The van der Waals surface area contributed by atoms with Gasteiger partial charge in [0.2, 0.25) is 6.41 Å². The third-order valence-electron chi connectivity index (χ3n) is 1.42. The first-order valence-electron chi connectivity index (χ1n) is 3.62. The molecule has 0 aromatic heterocycles. The average Bonchev–Trinajstić information content (AvgIpc) is 2.09. The topological polar surface area (TPSA) is 41.5 Å². The zero-order valence-corrected chi connectivity index (χ0v) is 6.82. The molecule has 0 unspecified atom stereocenters. The summed E-state index contributed by atoms with van der Waals surface area (Å²) in [5, 5.41) is 3.65. The summed E-state index contributed by atoms with van der Waals surface area (Å²) in [6.07, 6.45) is 2.12. The summed E-state index contributed by atoms with van der Waals surface area (Å²) in [4.78, 5) is 9.82. The number of nitrogens with one attached hydrogen (secondary N) is 1. The van der Waals surface area contributed by atoms with Crippen molar-refractivity contribution >= 4 is 12.6 Å². The molecule has 0 aliphatic carbocycles. The Morgan fingerprint density at radius 2 is 2.00 bits per heavy atom. The zero-order valence-electron chi connectivity index (χ0n) is 6.82. The fraction of sp³-hybridized carbons (Fsp3) is 0.111. The Morgan fingerprint density at radius 3 is 2.58 bits per heavy atom. The maximum Gasteiger partial charge on any atom is 0.227 e. The molecule has 0 radical (unpaired) electrons. The number of amides is 1. The summed E-state index contributed by atoms with van der Waals surface area (Å²) in [5.74, 6) is 0. The van der Waals surface area contributed by atoms with Crippen molar-refractivity contribution in [2.24, 2.45) is 5.10 Å². The highest BCUT2D eigenvalue weighted by atomic mass is 16.1. The highest BCUT2D eigenvalue weighted by molar-refractivity contribution is 5.79. The lowest BCUT2D eigenvalue weighted by Gasteiger charge is -1.92. The van der Waals surface area contributed by atoms with Gasteiger partial charge in [-0.05, 0) is 12.5 Å². The molecule has 3 heteroatoms.